The van der Waals surface area contributed by atoms with Crippen LogP contribution in [-0.2, 0) is 19.4 Å². The topological polar surface area (TPSA) is 92.8 Å². The van der Waals surface area contributed by atoms with Gasteiger partial charge in [-0.3, -0.25) is 14.5 Å². The number of rotatable bonds is 7. The van der Waals surface area contributed by atoms with Gasteiger partial charge in [0.25, 0.3) is 5.91 Å². The summed E-state index contributed by atoms with van der Waals surface area (Å²) in [6.45, 7) is 3.61. The maximum absolute atomic E-state index is 14.8. The normalized spacial score (nSPS) is 22.1. The van der Waals surface area contributed by atoms with Crippen LogP contribution in [-0.4, -0.2) is 57.7 Å². The van der Waals surface area contributed by atoms with Gasteiger partial charge in [0.15, 0.2) is 9.84 Å². The molecule has 0 spiro atoms. The Labute approximate surface area is 217 Å². The number of likely N-dealkylation sites (tertiary alicyclic amines) is 1. The van der Waals surface area contributed by atoms with Gasteiger partial charge in [0.05, 0.1) is 37.5 Å². The molecule has 3 aliphatic heterocycles. The van der Waals surface area contributed by atoms with Gasteiger partial charge in [-0.05, 0) is 49.2 Å². The van der Waals surface area contributed by atoms with Crippen molar-refractivity contribution in [2.24, 2.45) is 5.92 Å². The van der Waals surface area contributed by atoms with Crippen molar-refractivity contribution in [3.8, 4) is 0 Å². The number of nitrogens with zero attached hydrogens (tertiary/aromatic N) is 1. The Hall–Kier alpha value is -2.25. The van der Waals surface area contributed by atoms with Gasteiger partial charge in [-0.25, -0.2) is 17.2 Å². The first kappa shape index (κ1) is 25.4. The Morgan fingerprint density at radius 2 is 1.94 bits per heavy atom. The number of nitrogens with one attached hydrogen (secondary N) is 1. The van der Waals surface area contributed by atoms with Gasteiger partial charge in [0.1, 0.15) is 17.7 Å². The largest absolute Gasteiger partial charge is 0.381 e. The van der Waals surface area contributed by atoms with E-state index in [1.807, 2.05) is 0 Å². The average Bonchev–Trinajstić information content (AvgIpc) is 3.48. The fourth-order valence-corrected chi connectivity index (χ4v) is 8.20. The van der Waals surface area contributed by atoms with Gasteiger partial charge in [-0.15, -0.1) is 0 Å². The number of amides is 2. The van der Waals surface area contributed by atoms with Gasteiger partial charge in [-0.1, -0.05) is 33.7 Å². The molecule has 2 saturated heterocycles. The van der Waals surface area contributed by atoms with Crippen molar-refractivity contribution in [1.29, 1.82) is 0 Å². The van der Waals surface area contributed by atoms with Gasteiger partial charge in [0, 0.05) is 17.0 Å². The monoisotopic (exact) mass is 630 g/mol. The zero-order valence-electron chi connectivity index (χ0n) is 19.6. The molecule has 2 aromatic carbocycles. The van der Waals surface area contributed by atoms with E-state index in [-0.39, 0.29) is 57.9 Å². The molecule has 5 rings (SSSR count). The van der Waals surface area contributed by atoms with Gasteiger partial charge in [0.2, 0.25) is 5.91 Å². The number of carbonyl (C=O) groups is 2. The number of ether oxygens (including phenoxy) is 1. The highest BCUT2D eigenvalue weighted by Gasteiger charge is 2.51. The highest BCUT2D eigenvalue weighted by atomic mass is 127. The molecule has 1 N–H and O–H groups in total. The van der Waals surface area contributed by atoms with Crippen LogP contribution in [0.25, 0.3) is 0 Å². The first-order valence-electron chi connectivity index (χ1n) is 11.6. The maximum Gasteiger partial charge on any atom is 0.259 e. The number of fused-ring (bicyclic) bond motifs is 1. The Morgan fingerprint density at radius 1 is 1.19 bits per heavy atom. The van der Waals surface area contributed by atoms with Crippen molar-refractivity contribution in [3.05, 3.63) is 64.7 Å². The Bertz CT molecular complexity index is 1390. The second-order valence-electron chi connectivity index (χ2n) is 9.16. The number of aryl methyl sites for hydroxylation is 1. The molecule has 2 amide bonds. The van der Waals surface area contributed by atoms with Crippen LogP contribution in [0.2, 0.25) is 0 Å². The van der Waals surface area contributed by atoms with Crippen molar-refractivity contribution >= 4 is 46.0 Å². The molecule has 192 valence electrons. The van der Waals surface area contributed by atoms with Crippen molar-refractivity contribution in [2.45, 2.75) is 41.2 Å². The molecule has 0 unspecified atom stereocenters. The summed E-state index contributed by atoms with van der Waals surface area (Å²) in [5.74, 6) is -2.35. The van der Waals surface area contributed by atoms with E-state index in [4.69, 9.17) is 4.74 Å². The van der Waals surface area contributed by atoms with E-state index < -0.39 is 45.4 Å². The lowest BCUT2D eigenvalue weighted by atomic mass is 9.90. The highest BCUT2D eigenvalue weighted by Crippen LogP contribution is 2.46. The third-order valence-corrected chi connectivity index (χ3v) is 11.6. The molecule has 0 radical (unpaired) electrons. The first-order chi connectivity index (χ1) is 17.1. The average molecular weight is 630 g/mol. The van der Waals surface area contributed by atoms with E-state index in [0.29, 0.717) is 19.6 Å². The van der Waals surface area contributed by atoms with Crippen molar-refractivity contribution < 1.29 is 31.5 Å². The standard InChI is InChI=1S/C25H25F2IN2O5S/c1-3-36(33,34)16-6-4-5-14(8-16)25(32)30-21(10-20-23(30)28-20)24(31)29-22(15-11-35-12-15)17-9-18(26)13(2)7-19(17)27/h4-9,15,20-22H,3,10-12H2,1-2H3,(H,29,31)/t20-,21-,22-/m1/s1. The molecule has 0 aliphatic carbocycles. The third kappa shape index (κ3) is 4.60. The van der Waals surface area contributed by atoms with Gasteiger partial charge < -0.3 is 10.1 Å². The number of hydrogen-bond donors (Lipinski definition) is 1. The summed E-state index contributed by atoms with van der Waals surface area (Å²) in [5.41, 5.74) is 0.423. The molecule has 36 heavy (non-hydrogen) atoms. The number of halogens is 3. The molecule has 11 heteroatoms. The molecule has 0 aromatic heterocycles. The summed E-state index contributed by atoms with van der Waals surface area (Å²) in [6.07, 6.45) is 0.478. The van der Waals surface area contributed by atoms with E-state index >= 15 is 0 Å². The second-order valence-corrected chi connectivity index (χ2v) is 14.7. The zero-order valence-corrected chi connectivity index (χ0v) is 22.6. The number of hydrogen-bond acceptors (Lipinski definition) is 5. The van der Waals surface area contributed by atoms with Crippen LogP contribution in [0.15, 0.2) is 41.3 Å². The van der Waals surface area contributed by atoms with E-state index in [1.54, 1.807) is 6.07 Å². The lowest BCUT2D eigenvalue weighted by Crippen LogP contribution is -2.51. The summed E-state index contributed by atoms with van der Waals surface area (Å²) in [4.78, 5) is 28.5. The van der Waals surface area contributed by atoms with Crippen LogP contribution in [0.3, 0.4) is 0 Å². The molecule has 0 saturated carbocycles. The summed E-state index contributed by atoms with van der Waals surface area (Å²) in [5, 5.41) is 2.87. The lowest BCUT2D eigenvalue weighted by molar-refractivity contribution is -0.127. The lowest BCUT2D eigenvalue weighted by Gasteiger charge is -2.36. The highest BCUT2D eigenvalue weighted by molar-refractivity contribution is 14.2. The zero-order chi connectivity index (χ0) is 25.8. The second kappa shape index (κ2) is 9.56. The number of carbonyl (C=O) groups excluding carboxylic acids is 2. The van der Waals surface area contributed by atoms with Gasteiger partial charge in [-0.2, -0.15) is 0 Å². The molecule has 0 bridgehead atoms. The molecular weight excluding hydrogens is 605 g/mol. The summed E-state index contributed by atoms with van der Waals surface area (Å²) in [6, 6.07) is 6.50. The Morgan fingerprint density at radius 3 is 2.61 bits per heavy atom. The molecule has 7 nitrogen and oxygen atoms in total. The van der Waals surface area contributed by atoms with E-state index in [2.05, 4.69) is 5.32 Å². The molecular formula is C25H25F2IN2O5S. The minimum Gasteiger partial charge on any atom is -0.381 e. The Kier molecular flexibility index (Phi) is 6.75. The third-order valence-electron chi connectivity index (χ3n) is 6.81. The minimum atomic E-state index is -3.50. The molecule has 2 fully saturated rings. The molecule has 3 aliphatic rings. The predicted octanol–water partition coefficient (Wildman–Crippen LogP) is 3.27. The van der Waals surface area contributed by atoms with Crippen molar-refractivity contribution in [3.63, 3.8) is 0 Å². The summed E-state index contributed by atoms with van der Waals surface area (Å²) in [7, 11) is -3.50. The number of alkyl halides is 1. The summed E-state index contributed by atoms with van der Waals surface area (Å²) >= 11 is -0.345. The quantitative estimate of drug-likeness (QED) is 0.375. The minimum absolute atomic E-state index is 0.0540. The smallest absolute Gasteiger partial charge is 0.259 e. The van der Waals surface area contributed by atoms with Crippen LogP contribution >= 0.6 is 20.7 Å². The van der Waals surface area contributed by atoms with E-state index in [1.165, 1.54) is 36.9 Å². The van der Waals surface area contributed by atoms with E-state index in [9.17, 15) is 26.8 Å². The fourth-order valence-electron chi connectivity index (χ4n) is 4.54. The molecule has 2 aromatic rings. The Balaban J connectivity index is 1.41. The van der Waals surface area contributed by atoms with Crippen LogP contribution in [0.1, 0.15) is 40.9 Å². The van der Waals surface area contributed by atoms with Crippen LogP contribution in [0, 0.1) is 24.5 Å². The first-order valence-corrected chi connectivity index (χ1v) is 15.6. The number of benzene rings is 2. The predicted molar refractivity (Wildman–Crippen MR) is 138 cm³/mol. The SMILES string of the molecule is CCS(=O)(=O)c1cccc(C(=O)N2C3=I[C@@H]3C[C@@H]2C(=O)N[C@@H](c2cc(F)c(C)cc2F)C2COC2)c1. The van der Waals surface area contributed by atoms with Crippen molar-refractivity contribution in [2.75, 3.05) is 19.0 Å². The maximum atomic E-state index is 14.8. The van der Waals surface area contributed by atoms with Crippen LogP contribution < -0.4 is 5.32 Å². The van der Waals surface area contributed by atoms with Crippen molar-refractivity contribution in [1.82, 2.24) is 10.2 Å². The van der Waals surface area contributed by atoms with Crippen LogP contribution in [0.5, 0.6) is 0 Å². The van der Waals surface area contributed by atoms with Gasteiger partial charge >= 0.3 is 0 Å². The van der Waals surface area contributed by atoms with Crippen LogP contribution in [0.4, 0.5) is 8.78 Å². The molecule has 3 atom stereocenters. The fraction of sp³-hybridized carbons (Fsp3) is 0.400. The van der Waals surface area contributed by atoms with E-state index in [0.717, 1.165) is 15.8 Å². The molecule has 3 heterocycles. The number of sulfone groups is 1. The summed E-state index contributed by atoms with van der Waals surface area (Å²) < 4.78 is 60.1.